The van der Waals surface area contributed by atoms with Crippen LogP contribution in [0.25, 0.3) is 0 Å². The molecular formula is C67H121N2O7P. The highest BCUT2D eigenvalue weighted by molar-refractivity contribution is 7.45. The van der Waals surface area contributed by atoms with Gasteiger partial charge >= 0.3 is 5.97 Å². The lowest BCUT2D eigenvalue weighted by atomic mass is 10.1. The molecule has 3 unspecified atom stereocenters. The van der Waals surface area contributed by atoms with Crippen LogP contribution in [0.15, 0.2) is 85.1 Å². The molecule has 0 aromatic carbocycles. The summed E-state index contributed by atoms with van der Waals surface area (Å²) < 4.78 is 30.3. The Labute approximate surface area is 476 Å². The molecule has 0 aromatic heterocycles. The van der Waals surface area contributed by atoms with Crippen molar-refractivity contribution in [1.82, 2.24) is 5.32 Å². The zero-order valence-electron chi connectivity index (χ0n) is 50.9. The van der Waals surface area contributed by atoms with Crippen LogP contribution < -0.4 is 10.2 Å². The number of quaternary nitrogens is 1. The Morgan fingerprint density at radius 1 is 0.455 bits per heavy atom. The van der Waals surface area contributed by atoms with E-state index < -0.39 is 26.6 Å². The van der Waals surface area contributed by atoms with Gasteiger partial charge in [0.1, 0.15) is 19.3 Å². The summed E-state index contributed by atoms with van der Waals surface area (Å²) in [4.78, 5) is 40.0. The number of ether oxygens (including phenoxy) is 1. The number of carbonyl (C=O) groups is 2. The fourth-order valence-electron chi connectivity index (χ4n) is 8.83. The van der Waals surface area contributed by atoms with Gasteiger partial charge in [-0.15, -0.1) is 0 Å². The Bertz CT molecular complexity index is 1590. The molecule has 0 bridgehead atoms. The van der Waals surface area contributed by atoms with Gasteiger partial charge in [-0.2, -0.15) is 0 Å². The number of rotatable bonds is 57. The number of carbonyl (C=O) groups excluding carboxylic acids is 2. The van der Waals surface area contributed by atoms with Crippen molar-refractivity contribution in [3.8, 4) is 0 Å². The zero-order valence-corrected chi connectivity index (χ0v) is 51.8. The molecule has 1 N–H and O–H groups in total. The van der Waals surface area contributed by atoms with Crippen molar-refractivity contribution < 1.29 is 37.3 Å². The maximum absolute atomic E-state index is 13.5. The molecule has 77 heavy (non-hydrogen) atoms. The molecule has 446 valence electrons. The Morgan fingerprint density at radius 3 is 1.21 bits per heavy atom. The van der Waals surface area contributed by atoms with Gasteiger partial charge < -0.3 is 28.5 Å². The summed E-state index contributed by atoms with van der Waals surface area (Å²) in [6.45, 7) is 6.77. The number of hydrogen-bond acceptors (Lipinski definition) is 7. The van der Waals surface area contributed by atoms with Crippen LogP contribution in [0.5, 0.6) is 0 Å². The lowest BCUT2D eigenvalue weighted by Crippen LogP contribution is -2.47. The summed E-state index contributed by atoms with van der Waals surface area (Å²) in [5.41, 5.74) is 0. The number of likely N-dealkylation sites (N-methyl/N-ethyl adjacent to an activating group) is 1. The van der Waals surface area contributed by atoms with Gasteiger partial charge in [0.05, 0.1) is 33.8 Å². The second kappa shape index (κ2) is 56.5. The second-order valence-electron chi connectivity index (χ2n) is 22.6. The summed E-state index contributed by atoms with van der Waals surface area (Å²) in [7, 11) is 1.16. The predicted molar refractivity (Wildman–Crippen MR) is 330 cm³/mol. The predicted octanol–water partition coefficient (Wildman–Crippen LogP) is 19.1. The molecule has 0 aliphatic carbocycles. The molecule has 0 aliphatic rings. The van der Waals surface area contributed by atoms with Gasteiger partial charge in [0.15, 0.2) is 0 Å². The molecule has 1 amide bonds. The molecule has 0 saturated heterocycles. The number of nitrogens with zero attached hydrogens (tertiary/aromatic N) is 1. The lowest BCUT2D eigenvalue weighted by Gasteiger charge is -2.30. The maximum Gasteiger partial charge on any atom is 0.306 e. The number of nitrogens with one attached hydrogen (secondary N) is 1. The van der Waals surface area contributed by atoms with Crippen LogP contribution in [0, 0.1) is 0 Å². The van der Waals surface area contributed by atoms with Gasteiger partial charge in [0.25, 0.3) is 7.82 Å². The van der Waals surface area contributed by atoms with E-state index in [0.29, 0.717) is 17.4 Å². The average Bonchev–Trinajstić information content (AvgIpc) is 3.39. The van der Waals surface area contributed by atoms with Crippen LogP contribution in [0.3, 0.4) is 0 Å². The molecule has 0 radical (unpaired) electrons. The topological polar surface area (TPSA) is 114 Å². The molecule has 0 spiro atoms. The van der Waals surface area contributed by atoms with E-state index in [1.54, 1.807) is 0 Å². The Morgan fingerprint density at radius 2 is 0.792 bits per heavy atom. The van der Waals surface area contributed by atoms with Gasteiger partial charge in [-0.1, -0.05) is 241 Å². The second-order valence-corrected chi connectivity index (χ2v) is 24.0. The van der Waals surface area contributed by atoms with E-state index in [0.717, 1.165) is 122 Å². The van der Waals surface area contributed by atoms with Crippen molar-refractivity contribution in [2.24, 2.45) is 0 Å². The first kappa shape index (κ1) is 74.2. The minimum atomic E-state index is -4.71. The van der Waals surface area contributed by atoms with Gasteiger partial charge in [-0.05, 0) is 109 Å². The van der Waals surface area contributed by atoms with E-state index in [9.17, 15) is 19.0 Å². The molecule has 0 saturated carbocycles. The summed E-state index contributed by atoms with van der Waals surface area (Å²) >= 11 is 0. The van der Waals surface area contributed by atoms with Crippen molar-refractivity contribution in [2.75, 3.05) is 40.9 Å². The normalized spacial score (nSPS) is 14.2. The highest BCUT2D eigenvalue weighted by Gasteiger charge is 2.27. The van der Waals surface area contributed by atoms with Crippen LogP contribution in [-0.4, -0.2) is 69.4 Å². The van der Waals surface area contributed by atoms with Crippen molar-refractivity contribution in [2.45, 2.75) is 290 Å². The molecule has 0 fully saturated rings. The third-order valence-electron chi connectivity index (χ3n) is 13.8. The third kappa shape index (κ3) is 57.7. The standard InChI is InChI=1S/C67H121N2O7P/c1-7-10-13-16-19-22-25-27-29-31-33-34-36-38-40-42-45-48-51-54-57-60-67(71)76-65(58-55-52-49-46-43-24-21-18-15-12-9-3)64(63-75-77(72,73)74-62-61-69(4,5)6)68-66(70)59-56-53-50-47-44-41-39-37-35-32-30-28-26-23-20-17-14-11-8-2/h19-20,22-23,27-30,33-35,37,55,58,64-65H,7-18,21,24-26,31-32,36,38-54,56-57,59-63H2,1-6H3,(H-,68,70,72,73)/b22-19-,23-20-,29-27-,30-28-,34-33-,37-35-,58-55+. The first-order valence-corrected chi connectivity index (χ1v) is 33.4. The van der Waals surface area contributed by atoms with Gasteiger partial charge in [-0.25, -0.2) is 0 Å². The number of amides is 1. The van der Waals surface area contributed by atoms with Crippen LogP contribution in [0.4, 0.5) is 0 Å². The summed E-state index contributed by atoms with van der Waals surface area (Å²) in [5, 5.41) is 3.02. The first-order valence-electron chi connectivity index (χ1n) is 31.9. The number of unbranched alkanes of at least 4 members (excludes halogenated alkanes) is 29. The smallest absolute Gasteiger partial charge is 0.306 e. The minimum absolute atomic E-state index is 0.0297. The van der Waals surface area contributed by atoms with E-state index in [4.69, 9.17) is 13.8 Å². The number of esters is 1. The van der Waals surface area contributed by atoms with Crippen LogP contribution in [0.1, 0.15) is 278 Å². The Kier molecular flexibility index (Phi) is 54.4. The number of allylic oxidation sites excluding steroid dienone is 13. The molecule has 0 aromatic rings. The van der Waals surface area contributed by atoms with Crippen molar-refractivity contribution >= 4 is 19.7 Å². The molecule has 0 rings (SSSR count). The highest BCUT2D eigenvalue weighted by Crippen LogP contribution is 2.38. The summed E-state index contributed by atoms with van der Waals surface area (Å²) in [6, 6.07) is -0.902. The molecular weight excluding hydrogens is 976 g/mol. The van der Waals surface area contributed by atoms with Gasteiger partial charge in [-0.3, -0.25) is 14.2 Å². The number of phosphoric ester groups is 1. The molecule has 0 aliphatic heterocycles. The fraction of sp³-hybridized carbons (Fsp3) is 0.761. The first-order chi connectivity index (χ1) is 37.4. The van der Waals surface area contributed by atoms with Crippen molar-refractivity contribution in [3.63, 3.8) is 0 Å². The minimum Gasteiger partial charge on any atom is -0.756 e. The SMILES string of the molecule is CCCCC/C=C\C/C=C\C/C=C\CCCCCCCCCCC(=O)OC(/C=C/CCCCCCCCCCC)C(COP(=O)([O-])OCC[N+](C)(C)C)NC(=O)CCCCCCCC/C=C\C/C=C\C/C=C\CCCCC. The van der Waals surface area contributed by atoms with E-state index >= 15 is 0 Å². The van der Waals surface area contributed by atoms with Crippen LogP contribution in [-0.2, 0) is 27.9 Å². The van der Waals surface area contributed by atoms with Crippen molar-refractivity contribution in [3.05, 3.63) is 85.1 Å². The number of hydrogen-bond donors (Lipinski definition) is 1. The summed E-state index contributed by atoms with van der Waals surface area (Å²) in [5.74, 6) is -0.564. The van der Waals surface area contributed by atoms with Gasteiger partial charge in [0.2, 0.25) is 5.91 Å². The Balaban J connectivity index is 5.23. The zero-order chi connectivity index (χ0) is 56.4. The van der Waals surface area contributed by atoms with E-state index in [1.165, 1.54) is 122 Å². The van der Waals surface area contributed by atoms with E-state index in [2.05, 4.69) is 99.0 Å². The average molecular weight is 1100 g/mol. The number of phosphoric acid groups is 1. The molecule has 0 heterocycles. The summed E-state index contributed by atoms with van der Waals surface area (Å²) in [6.07, 6.45) is 74.0. The molecule has 9 nitrogen and oxygen atoms in total. The molecule has 10 heteroatoms. The van der Waals surface area contributed by atoms with E-state index in [1.807, 2.05) is 33.3 Å². The Hall–Kier alpha value is -2.81. The maximum atomic E-state index is 13.5. The monoisotopic (exact) mass is 1100 g/mol. The fourth-order valence-corrected chi connectivity index (χ4v) is 9.55. The van der Waals surface area contributed by atoms with Crippen LogP contribution >= 0.6 is 7.82 Å². The lowest BCUT2D eigenvalue weighted by molar-refractivity contribution is -0.870. The van der Waals surface area contributed by atoms with E-state index in [-0.39, 0.29) is 24.9 Å². The quantitative estimate of drug-likeness (QED) is 0.0212. The molecule has 3 atom stereocenters. The van der Waals surface area contributed by atoms with Gasteiger partial charge in [0, 0.05) is 12.8 Å². The largest absolute Gasteiger partial charge is 0.756 e. The van der Waals surface area contributed by atoms with Crippen LogP contribution in [0.2, 0.25) is 0 Å². The van der Waals surface area contributed by atoms with Crippen molar-refractivity contribution in [1.29, 1.82) is 0 Å². The highest BCUT2D eigenvalue weighted by atomic mass is 31.2. The third-order valence-corrected chi connectivity index (χ3v) is 14.8.